The first kappa shape index (κ1) is 25.8. The number of halogens is 2. The summed E-state index contributed by atoms with van der Waals surface area (Å²) < 4.78 is 5.31. The monoisotopic (exact) mass is 519 g/mol. The molecule has 8 heteroatoms. The molecule has 0 saturated carbocycles. The predicted molar refractivity (Wildman–Crippen MR) is 135 cm³/mol. The van der Waals surface area contributed by atoms with Crippen molar-refractivity contribution in [1.29, 1.82) is 0 Å². The Morgan fingerprint density at radius 2 is 1.43 bits per heavy atom. The van der Waals surface area contributed by atoms with E-state index in [4.69, 9.17) is 27.9 Å². The van der Waals surface area contributed by atoms with Gasteiger partial charge in [0.2, 0.25) is 0 Å². The third-order valence-electron chi connectivity index (χ3n) is 7.13. The number of ether oxygens (including phenoxy) is 1. The summed E-state index contributed by atoms with van der Waals surface area (Å²) >= 11 is 13.0. The largest absolute Gasteiger partial charge is 0.494 e. The van der Waals surface area contributed by atoms with Crippen molar-refractivity contribution in [3.05, 3.63) is 50.3 Å². The lowest BCUT2D eigenvalue weighted by Crippen LogP contribution is -2.45. The number of hydrogen-bond donors (Lipinski definition) is 1. The highest BCUT2D eigenvalue weighted by atomic mass is 35.5. The topological polar surface area (TPSA) is 83.9 Å². The highest BCUT2D eigenvalue weighted by Gasteiger charge is 2.49. The van der Waals surface area contributed by atoms with E-state index in [1.807, 2.05) is 32.6 Å². The molecule has 1 N–H and O–H groups in total. The van der Waals surface area contributed by atoms with Crippen LogP contribution in [0.4, 0.5) is 0 Å². The molecule has 2 aliphatic carbocycles. The van der Waals surface area contributed by atoms with Crippen LogP contribution in [0.25, 0.3) is 0 Å². The maximum atomic E-state index is 13.7. The number of carboxylic acid groups (broad SMARTS) is 1. The van der Waals surface area contributed by atoms with Gasteiger partial charge in [0.05, 0.1) is 23.6 Å². The van der Waals surface area contributed by atoms with Gasteiger partial charge >= 0.3 is 5.97 Å². The van der Waals surface area contributed by atoms with Gasteiger partial charge in [0, 0.05) is 47.8 Å². The van der Waals surface area contributed by atoms with Crippen LogP contribution in [0, 0.1) is 10.8 Å². The van der Waals surface area contributed by atoms with Gasteiger partial charge in [-0.15, -0.1) is 0 Å². The van der Waals surface area contributed by atoms with Gasteiger partial charge in [-0.1, -0.05) is 50.9 Å². The molecule has 0 amide bonds. The average Bonchev–Trinajstić information content (AvgIpc) is 2.69. The van der Waals surface area contributed by atoms with Crippen molar-refractivity contribution >= 4 is 40.7 Å². The van der Waals surface area contributed by atoms with Crippen LogP contribution in [-0.4, -0.2) is 41.2 Å². The maximum absolute atomic E-state index is 13.7. The van der Waals surface area contributed by atoms with Crippen LogP contribution in [0.15, 0.2) is 34.7 Å². The Kier molecular flexibility index (Phi) is 6.60. The predicted octanol–water partition coefficient (Wildman–Crippen LogP) is 6.16. The number of carbonyl (C=O) groups excluding carboxylic acids is 2. The van der Waals surface area contributed by atoms with Crippen LogP contribution in [-0.2, 0) is 14.4 Å². The molecule has 0 spiro atoms. The van der Waals surface area contributed by atoms with E-state index in [1.165, 1.54) is 7.11 Å². The van der Waals surface area contributed by atoms with Gasteiger partial charge in [0.1, 0.15) is 0 Å². The standard InChI is InChI=1S/C27H31Cl2NO5/c1-26(2)10-17-23(19(31)12-26)22(14-8-15(28)25(35-5)16(29)9-14)24-18(30(17)7-6-21(33)34)11-27(3,4)13-20(24)32/h8-9,22H,6-7,10-13H2,1-5H3,(H,33,34). The molecule has 0 saturated heterocycles. The molecule has 3 aliphatic rings. The van der Waals surface area contributed by atoms with E-state index in [1.54, 1.807) is 12.1 Å². The number of ketones is 2. The summed E-state index contributed by atoms with van der Waals surface area (Å²) in [5, 5.41) is 10.1. The number of benzene rings is 1. The van der Waals surface area contributed by atoms with E-state index in [9.17, 15) is 19.5 Å². The second-order valence-electron chi connectivity index (χ2n) is 11.3. The number of aliphatic carboxylic acids is 1. The number of rotatable bonds is 5. The van der Waals surface area contributed by atoms with E-state index in [-0.39, 0.29) is 35.4 Å². The molecule has 0 aromatic heterocycles. The number of hydrogen-bond acceptors (Lipinski definition) is 5. The van der Waals surface area contributed by atoms with Crippen LogP contribution in [0.1, 0.15) is 71.3 Å². The highest BCUT2D eigenvalue weighted by Crippen LogP contribution is 2.55. The van der Waals surface area contributed by atoms with Crippen molar-refractivity contribution in [3.63, 3.8) is 0 Å². The van der Waals surface area contributed by atoms with Gasteiger partial charge in [-0.2, -0.15) is 0 Å². The Morgan fingerprint density at radius 3 is 1.83 bits per heavy atom. The summed E-state index contributed by atoms with van der Waals surface area (Å²) in [6.07, 6.45) is 1.80. The fourth-order valence-corrected chi connectivity index (χ4v) is 6.46. The zero-order valence-electron chi connectivity index (χ0n) is 20.8. The first-order chi connectivity index (χ1) is 16.2. The summed E-state index contributed by atoms with van der Waals surface area (Å²) in [4.78, 5) is 40.9. The second kappa shape index (κ2) is 8.97. The second-order valence-corrected chi connectivity index (χ2v) is 12.2. The quantitative estimate of drug-likeness (QED) is 0.501. The zero-order valence-corrected chi connectivity index (χ0v) is 22.3. The number of carbonyl (C=O) groups is 3. The van der Waals surface area contributed by atoms with E-state index in [2.05, 4.69) is 0 Å². The van der Waals surface area contributed by atoms with E-state index in [0.717, 1.165) is 11.4 Å². The third kappa shape index (κ3) is 4.75. The van der Waals surface area contributed by atoms with Gasteiger partial charge in [0.15, 0.2) is 17.3 Å². The first-order valence-electron chi connectivity index (χ1n) is 11.8. The Morgan fingerprint density at radius 1 is 0.971 bits per heavy atom. The molecule has 0 bridgehead atoms. The highest BCUT2D eigenvalue weighted by molar-refractivity contribution is 6.37. The lowest BCUT2D eigenvalue weighted by molar-refractivity contribution is -0.137. The fraction of sp³-hybridized carbons (Fsp3) is 0.519. The first-order valence-corrected chi connectivity index (χ1v) is 12.5. The van der Waals surface area contributed by atoms with Crippen molar-refractivity contribution in [2.24, 2.45) is 10.8 Å². The van der Waals surface area contributed by atoms with E-state index >= 15 is 0 Å². The van der Waals surface area contributed by atoms with E-state index < -0.39 is 11.9 Å². The van der Waals surface area contributed by atoms with Gasteiger partial charge in [-0.3, -0.25) is 14.4 Å². The lowest BCUT2D eigenvalue weighted by Gasteiger charge is -2.49. The molecule has 188 valence electrons. The van der Waals surface area contributed by atoms with Crippen molar-refractivity contribution in [3.8, 4) is 5.75 Å². The van der Waals surface area contributed by atoms with Gasteiger partial charge < -0.3 is 14.7 Å². The van der Waals surface area contributed by atoms with Crippen LogP contribution < -0.4 is 4.74 Å². The molecule has 0 atom stereocenters. The fourth-order valence-electron chi connectivity index (χ4n) is 5.80. The molecule has 1 aliphatic heterocycles. The van der Waals surface area contributed by atoms with Crippen molar-refractivity contribution < 1.29 is 24.2 Å². The zero-order chi connectivity index (χ0) is 25.9. The Hall–Kier alpha value is -2.31. The van der Waals surface area contributed by atoms with Gasteiger partial charge in [0.25, 0.3) is 0 Å². The Bertz CT molecular complexity index is 1120. The SMILES string of the molecule is COc1c(Cl)cc(C2C3=C(CC(C)(C)CC3=O)N(CCC(=O)O)C3=C2C(=O)CC(C)(C)C3)cc1Cl. The molecule has 6 nitrogen and oxygen atoms in total. The van der Waals surface area contributed by atoms with Crippen LogP contribution in [0.2, 0.25) is 10.0 Å². The molecule has 35 heavy (non-hydrogen) atoms. The minimum absolute atomic E-state index is 0.0335. The summed E-state index contributed by atoms with van der Waals surface area (Å²) in [6, 6.07) is 3.44. The van der Waals surface area contributed by atoms with Crippen LogP contribution in [0.5, 0.6) is 5.75 Å². The maximum Gasteiger partial charge on any atom is 0.305 e. The summed E-state index contributed by atoms with van der Waals surface area (Å²) in [6.45, 7) is 8.37. The number of nitrogens with zero attached hydrogens (tertiary/aromatic N) is 1. The average molecular weight is 520 g/mol. The van der Waals surface area contributed by atoms with Crippen molar-refractivity contribution in [2.45, 2.75) is 65.7 Å². The molecule has 1 aromatic carbocycles. The minimum Gasteiger partial charge on any atom is -0.494 e. The van der Waals surface area contributed by atoms with Gasteiger partial charge in [-0.05, 0) is 41.4 Å². The molecular weight excluding hydrogens is 489 g/mol. The Balaban J connectivity index is 2.01. The van der Waals surface area contributed by atoms with Gasteiger partial charge in [-0.25, -0.2) is 0 Å². The minimum atomic E-state index is -0.923. The number of methoxy groups -OCH3 is 1. The summed E-state index contributed by atoms with van der Waals surface area (Å²) in [5.74, 6) is -1.25. The van der Waals surface area contributed by atoms with Crippen molar-refractivity contribution in [1.82, 2.24) is 4.90 Å². The normalized spacial score (nSPS) is 21.7. The molecule has 0 unspecified atom stereocenters. The third-order valence-corrected chi connectivity index (χ3v) is 7.69. The smallest absolute Gasteiger partial charge is 0.305 e. The summed E-state index contributed by atoms with van der Waals surface area (Å²) in [7, 11) is 1.48. The molecule has 1 heterocycles. The van der Waals surface area contributed by atoms with E-state index in [0.29, 0.717) is 58.2 Å². The molecule has 1 aromatic rings. The lowest BCUT2D eigenvalue weighted by atomic mass is 9.63. The molecule has 0 fully saturated rings. The Labute approximate surface area is 215 Å². The van der Waals surface area contributed by atoms with Crippen molar-refractivity contribution in [2.75, 3.05) is 13.7 Å². The van der Waals surface area contributed by atoms with Crippen LogP contribution in [0.3, 0.4) is 0 Å². The summed E-state index contributed by atoms with van der Waals surface area (Å²) in [5.41, 5.74) is 2.82. The molecule has 4 rings (SSSR count). The number of carboxylic acids is 1. The molecular formula is C27H31Cl2NO5. The van der Waals surface area contributed by atoms with Crippen LogP contribution >= 0.6 is 23.2 Å². The number of allylic oxidation sites excluding steroid dienone is 4. The molecule has 0 radical (unpaired) electrons. The number of Topliss-reactive ketones (excluding diaryl/α,β-unsaturated/α-hetero) is 2.